The summed E-state index contributed by atoms with van der Waals surface area (Å²) in [5.41, 5.74) is 0. The molecule has 1 aliphatic carbocycles. The van der Waals surface area contributed by atoms with Crippen LogP contribution in [-0.4, -0.2) is 63.0 Å². The van der Waals surface area contributed by atoms with Crippen LogP contribution in [0.2, 0.25) is 5.02 Å². The number of halogens is 1. The van der Waals surface area contributed by atoms with Crippen molar-refractivity contribution in [2.75, 3.05) is 32.7 Å². The van der Waals surface area contributed by atoms with Gasteiger partial charge in [-0.1, -0.05) is 31.4 Å². The molecule has 1 aromatic carbocycles. The zero-order valence-electron chi connectivity index (χ0n) is 15.5. The fraction of sp³-hybridized carbons (Fsp3) is 0.684. The number of hydrogen-bond donors (Lipinski definition) is 1. The summed E-state index contributed by atoms with van der Waals surface area (Å²) in [6.07, 6.45) is 5.43. The second kappa shape index (κ2) is 9.02. The van der Waals surface area contributed by atoms with E-state index in [1.807, 2.05) is 0 Å². The quantitative estimate of drug-likeness (QED) is 0.799. The summed E-state index contributed by atoms with van der Waals surface area (Å²) in [5.74, 6) is 0. The van der Waals surface area contributed by atoms with Crippen LogP contribution in [0.25, 0.3) is 0 Å². The summed E-state index contributed by atoms with van der Waals surface area (Å²) in [6, 6.07) is 6.69. The van der Waals surface area contributed by atoms with Gasteiger partial charge in [-0.25, -0.2) is 13.1 Å². The Balaban J connectivity index is 1.66. The van der Waals surface area contributed by atoms with Gasteiger partial charge in [0.1, 0.15) is 0 Å². The van der Waals surface area contributed by atoms with Gasteiger partial charge in [0.15, 0.2) is 0 Å². The summed E-state index contributed by atoms with van der Waals surface area (Å²) in [7, 11) is -3.51. The van der Waals surface area contributed by atoms with Crippen molar-refractivity contribution in [1.82, 2.24) is 14.5 Å². The van der Waals surface area contributed by atoms with Gasteiger partial charge in [0.2, 0.25) is 10.0 Å². The van der Waals surface area contributed by atoms with E-state index in [0.717, 1.165) is 52.0 Å². The van der Waals surface area contributed by atoms with Crippen LogP contribution in [0, 0.1) is 0 Å². The van der Waals surface area contributed by atoms with Crippen molar-refractivity contribution < 1.29 is 8.42 Å². The van der Waals surface area contributed by atoms with Crippen LogP contribution >= 0.6 is 11.6 Å². The molecule has 5 nitrogen and oxygen atoms in total. The largest absolute Gasteiger partial charge is 0.301 e. The molecule has 146 valence electrons. The van der Waals surface area contributed by atoms with E-state index in [1.165, 1.54) is 12.8 Å². The zero-order chi connectivity index (χ0) is 18.6. The number of benzene rings is 1. The molecule has 0 spiro atoms. The van der Waals surface area contributed by atoms with Gasteiger partial charge in [-0.2, -0.15) is 0 Å². The average molecular weight is 400 g/mol. The second-order valence-corrected chi connectivity index (χ2v) is 9.56. The van der Waals surface area contributed by atoms with Crippen molar-refractivity contribution in [3.8, 4) is 0 Å². The van der Waals surface area contributed by atoms with E-state index in [1.54, 1.807) is 24.3 Å². The highest BCUT2D eigenvalue weighted by molar-refractivity contribution is 7.89. The minimum atomic E-state index is -3.51. The molecular weight excluding hydrogens is 370 g/mol. The maximum absolute atomic E-state index is 12.8. The third-order valence-electron chi connectivity index (χ3n) is 5.58. The summed E-state index contributed by atoms with van der Waals surface area (Å²) >= 11 is 5.89. The normalized spacial score (nSPS) is 26.1. The third kappa shape index (κ3) is 4.98. The molecular formula is C19H30ClN3O2S. The molecule has 7 heteroatoms. The van der Waals surface area contributed by atoms with E-state index < -0.39 is 10.0 Å². The monoisotopic (exact) mass is 399 g/mol. The van der Waals surface area contributed by atoms with Crippen LogP contribution in [0.15, 0.2) is 29.2 Å². The van der Waals surface area contributed by atoms with Gasteiger partial charge >= 0.3 is 0 Å². The van der Waals surface area contributed by atoms with Gasteiger partial charge in [-0.05, 0) is 50.1 Å². The van der Waals surface area contributed by atoms with Crippen molar-refractivity contribution in [2.45, 2.75) is 56.0 Å². The first kappa shape index (κ1) is 20.1. The highest BCUT2D eigenvalue weighted by Crippen LogP contribution is 2.26. The van der Waals surface area contributed by atoms with Crippen LogP contribution in [-0.2, 0) is 10.0 Å². The number of piperazine rings is 1. The minimum Gasteiger partial charge on any atom is -0.301 e. The highest BCUT2D eigenvalue weighted by Gasteiger charge is 2.34. The molecule has 1 N–H and O–H groups in total. The molecule has 0 aromatic heterocycles. The molecule has 1 aromatic rings. The lowest BCUT2D eigenvalue weighted by atomic mass is 9.89. The lowest BCUT2D eigenvalue weighted by Crippen LogP contribution is -2.58. The molecule has 1 saturated carbocycles. The first-order valence-electron chi connectivity index (χ1n) is 9.74. The summed E-state index contributed by atoms with van der Waals surface area (Å²) < 4.78 is 28.6. The Labute approximate surface area is 162 Å². The molecule has 0 radical (unpaired) electrons. The topological polar surface area (TPSA) is 52.6 Å². The highest BCUT2D eigenvalue weighted by atomic mass is 35.5. The third-order valence-corrected chi connectivity index (χ3v) is 7.33. The molecule has 1 aliphatic heterocycles. The van der Waals surface area contributed by atoms with Crippen LogP contribution in [0.4, 0.5) is 0 Å². The predicted molar refractivity (Wildman–Crippen MR) is 106 cm³/mol. The van der Waals surface area contributed by atoms with E-state index in [-0.39, 0.29) is 6.04 Å². The second-order valence-electron chi connectivity index (χ2n) is 7.41. The first-order chi connectivity index (χ1) is 12.5. The molecule has 0 bridgehead atoms. The van der Waals surface area contributed by atoms with Crippen molar-refractivity contribution in [2.24, 2.45) is 0 Å². The molecule has 2 aliphatic rings. The van der Waals surface area contributed by atoms with E-state index in [0.29, 0.717) is 16.0 Å². The van der Waals surface area contributed by atoms with Gasteiger partial charge in [0, 0.05) is 43.3 Å². The summed E-state index contributed by atoms with van der Waals surface area (Å²) in [6.45, 7) is 7.61. The average Bonchev–Trinajstić information content (AvgIpc) is 2.63. The van der Waals surface area contributed by atoms with Crippen molar-refractivity contribution in [1.29, 1.82) is 0 Å². The fourth-order valence-corrected chi connectivity index (χ4v) is 5.63. The van der Waals surface area contributed by atoms with Crippen molar-refractivity contribution >= 4 is 21.6 Å². The van der Waals surface area contributed by atoms with Crippen LogP contribution in [0.1, 0.15) is 39.0 Å². The molecule has 3 rings (SSSR count). The lowest BCUT2D eigenvalue weighted by molar-refractivity contribution is 0.0663. The van der Waals surface area contributed by atoms with E-state index in [9.17, 15) is 8.42 Å². The smallest absolute Gasteiger partial charge is 0.240 e. The van der Waals surface area contributed by atoms with Crippen LogP contribution in [0.5, 0.6) is 0 Å². The number of rotatable bonds is 6. The Bertz CT molecular complexity index is 673. The molecule has 2 fully saturated rings. The fourth-order valence-electron chi connectivity index (χ4n) is 4.20. The number of sulfonamides is 1. The minimum absolute atomic E-state index is 0.0119. The molecule has 2 atom stereocenters. The first-order valence-corrected chi connectivity index (χ1v) is 11.6. The van der Waals surface area contributed by atoms with Gasteiger partial charge in [-0.3, -0.25) is 4.90 Å². The van der Waals surface area contributed by atoms with Crippen molar-refractivity contribution in [3.63, 3.8) is 0 Å². The van der Waals surface area contributed by atoms with E-state index >= 15 is 0 Å². The maximum atomic E-state index is 12.8. The van der Waals surface area contributed by atoms with Gasteiger partial charge < -0.3 is 4.90 Å². The zero-order valence-corrected chi connectivity index (χ0v) is 17.1. The van der Waals surface area contributed by atoms with Gasteiger partial charge in [-0.15, -0.1) is 0 Å². The Morgan fingerprint density at radius 2 is 1.73 bits per heavy atom. The maximum Gasteiger partial charge on any atom is 0.240 e. The van der Waals surface area contributed by atoms with Crippen molar-refractivity contribution in [3.05, 3.63) is 29.3 Å². The van der Waals surface area contributed by atoms with Crippen LogP contribution < -0.4 is 4.72 Å². The van der Waals surface area contributed by atoms with Gasteiger partial charge in [0.25, 0.3) is 0 Å². The predicted octanol–water partition coefficient (Wildman–Crippen LogP) is 2.96. The molecule has 1 heterocycles. The SMILES string of the molecule is CCCN1CCN([C@@H]2CCCC[C@@H]2NS(=O)(=O)c2ccc(Cl)cc2)CC1. The Kier molecular flexibility index (Phi) is 6.97. The Morgan fingerprint density at radius 3 is 2.38 bits per heavy atom. The Morgan fingerprint density at radius 1 is 1.08 bits per heavy atom. The van der Waals surface area contributed by atoms with E-state index in [2.05, 4.69) is 21.4 Å². The molecule has 0 amide bonds. The standard InChI is InChI=1S/C19H30ClN3O2S/c1-2-11-22-12-14-23(15-13-22)19-6-4-3-5-18(19)21-26(24,25)17-9-7-16(20)8-10-17/h7-10,18-19,21H,2-6,11-15H2,1H3/t18-,19+/m0/s1. The molecule has 0 unspecified atom stereocenters. The number of nitrogens with zero attached hydrogens (tertiary/aromatic N) is 2. The Hall–Kier alpha value is -0.660. The lowest BCUT2D eigenvalue weighted by Gasteiger charge is -2.44. The molecule has 26 heavy (non-hydrogen) atoms. The summed E-state index contributed by atoms with van der Waals surface area (Å²) in [5, 5.41) is 0.546. The molecule has 1 saturated heterocycles. The summed E-state index contributed by atoms with van der Waals surface area (Å²) in [4.78, 5) is 5.30. The number of nitrogens with one attached hydrogen (secondary N) is 1. The van der Waals surface area contributed by atoms with E-state index in [4.69, 9.17) is 11.6 Å². The van der Waals surface area contributed by atoms with Crippen LogP contribution in [0.3, 0.4) is 0 Å². The number of hydrogen-bond acceptors (Lipinski definition) is 4. The van der Waals surface area contributed by atoms with Gasteiger partial charge in [0.05, 0.1) is 4.90 Å².